The van der Waals surface area contributed by atoms with Crippen molar-refractivity contribution in [3.63, 3.8) is 0 Å². The molecule has 2 aliphatic heterocycles. The second-order valence-electron chi connectivity index (χ2n) is 7.20. The largest absolute Gasteiger partial charge is 0.382 e. The molecule has 4 N–H and O–H groups in total. The zero-order valence-corrected chi connectivity index (χ0v) is 13.5. The van der Waals surface area contributed by atoms with Gasteiger partial charge in [0.05, 0.1) is 6.33 Å². The third-order valence-corrected chi connectivity index (χ3v) is 5.27. The van der Waals surface area contributed by atoms with Crippen molar-refractivity contribution in [2.75, 3.05) is 12.3 Å². The second-order valence-corrected chi connectivity index (χ2v) is 7.20. The fraction of sp³-hybridized carbons (Fsp3) is 0.667. The van der Waals surface area contributed by atoms with Crippen LogP contribution in [0.4, 0.5) is 5.82 Å². The van der Waals surface area contributed by atoms with Crippen LogP contribution in [0, 0.1) is 5.92 Å². The molecule has 3 aliphatic rings. The van der Waals surface area contributed by atoms with Gasteiger partial charge in [-0.3, -0.25) is 4.57 Å². The molecular formula is C15H20N6O3. The minimum Gasteiger partial charge on any atom is -0.382 e. The number of nitrogen functional groups attached to an aromatic ring is 1. The molecule has 4 heterocycles. The summed E-state index contributed by atoms with van der Waals surface area (Å²) in [7, 11) is 0. The lowest BCUT2D eigenvalue weighted by atomic mass is 10.1. The molecule has 1 saturated carbocycles. The maximum absolute atomic E-state index is 6.41. The van der Waals surface area contributed by atoms with E-state index in [4.69, 9.17) is 25.7 Å². The Morgan fingerprint density at radius 3 is 2.83 bits per heavy atom. The first-order chi connectivity index (χ1) is 11.5. The van der Waals surface area contributed by atoms with Crippen LogP contribution in [0.15, 0.2) is 12.7 Å². The Morgan fingerprint density at radius 1 is 1.25 bits per heavy atom. The van der Waals surface area contributed by atoms with Gasteiger partial charge in [0.25, 0.3) is 0 Å². The molecule has 0 aromatic carbocycles. The molecule has 24 heavy (non-hydrogen) atoms. The number of aromatic nitrogens is 4. The Labute approximate surface area is 138 Å². The summed E-state index contributed by atoms with van der Waals surface area (Å²) >= 11 is 0. The predicted molar refractivity (Wildman–Crippen MR) is 83.6 cm³/mol. The summed E-state index contributed by atoms with van der Waals surface area (Å²) in [6.45, 7) is 4.41. The summed E-state index contributed by atoms with van der Waals surface area (Å²) < 4.78 is 20.6. The summed E-state index contributed by atoms with van der Waals surface area (Å²) in [5.74, 6) is -0.0311. The fourth-order valence-electron chi connectivity index (χ4n) is 4.11. The van der Waals surface area contributed by atoms with Gasteiger partial charge in [-0.2, -0.15) is 0 Å². The standard InChI is InChI=1S/C15H20N6O3/c1-14(2)22-9-10(23-14)15(3-7(15)4-16)24-13(9)21-6-20-8-11(17)18-5-19-12(8)21/h5-7,9-10,13H,3-4,16H2,1-2H3,(H2,17,18,19)/t7-,9?,10?,13?,15+/m0/s1. The number of imidazole rings is 1. The van der Waals surface area contributed by atoms with Crippen molar-refractivity contribution in [3.8, 4) is 0 Å². The highest BCUT2D eigenvalue weighted by Crippen LogP contribution is 2.61. The van der Waals surface area contributed by atoms with Gasteiger partial charge < -0.3 is 25.7 Å². The monoisotopic (exact) mass is 332 g/mol. The number of fused-ring (bicyclic) bond motifs is 3. The van der Waals surface area contributed by atoms with Crippen molar-refractivity contribution in [2.45, 2.75) is 50.1 Å². The molecule has 3 fully saturated rings. The molecule has 1 aliphatic carbocycles. The van der Waals surface area contributed by atoms with E-state index in [1.165, 1.54) is 6.33 Å². The Balaban J connectivity index is 1.59. The normalized spacial score (nSPS) is 39.6. The molecule has 128 valence electrons. The van der Waals surface area contributed by atoms with E-state index in [1.54, 1.807) is 6.33 Å². The lowest BCUT2D eigenvalue weighted by molar-refractivity contribution is -0.203. The molecule has 3 unspecified atom stereocenters. The molecule has 5 rings (SSSR count). The van der Waals surface area contributed by atoms with Crippen LogP contribution >= 0.6 is 0 Å². The third kappa shape index (κ3) is 1.75. The van der Waals surface area contributed by atoms with Crippen LogP contribution in [0.3, 0.4) is 0 Å². The number of hydrogen-bond donors (Lipinski definition) is 2. The molecule has 0 radical (unpaired) electrons. The van der Waals surface area contributed by atoms with Gasteiger partial charge in [0.1, 0.15) is 29.7 Å². The average Bonchev–Trinajstić information content (AvgIpc) is 2.78. The van der Waals surface area contributed by atoms with Crippen LogP contribution in [-0.2, 0) is 14.2 Å². The lowest BCUT2D eigenvalue weighted by Gasteiger charge is -2.25. The number of rotatable bonds is 2. The van der Waals surface area contributed by atoms with Gasteiger partial charge in [-0.15, -0.1) is 0 Å². The topological polar surface area (TPSA) is 123 Å². The molecule has 2 aromatic rings. The smallest absolute Gasteiger partial charge is 0.167 e. The van der Waals surface area contributed by atoms with Crippen molar-refractivity contribution in [3.05, 3.63) is 12.7 Å². The van der Waals surface area contributed by atoms with E-state index in [9.17, 15) is 0 Å². The Kier molecular flexibility index (Phi) is 2.68. The predicted octanol–water partition coefficient (Wildman–Crippen LogP) is 0.175. The van der Waals surface area contributed by atoms with Crippen molar-refractivity contribution in [2.24, 2.45) is 11.7 Å². The quantitative estimate of drug-likeness (QED) is 0.798. The summed E-state index contributed by atoms with van der Waals surface area (Å²) in [6.07, 6.45) is 3.20. The Morgan fingerprint density at radius 2 is 2.08 bits per heavy atom. The first-order valence-electron chi connectivity index (χ1n) is 8.12. The van der Waals surface area contributed by atoms with Crippen LogP contribution in [0.1, 0.15) is 26.5 Å². The van der Waals surface area contributed by atoms with Crippen molar-refractivity contribution < 1.29 is 14.2 Å². The van der Waals surface area contributed by atoms with Crippen molar-refractivity contribution in [1.29, 1.82) is 0 Å². The van der Waals surface area contributed by atoms with Gasteiger partial charge in [-0.1, -0.05) is 0 Å². The molecular weight excluding hydrogens is 312 g/mol. The Bertz CT molecular complexity index is 823. The van der Waals surface area contributed by atoms with Gasteiger partial charge in [-0.25, -0.2) is 15.0 Å². The van der Waals surface area contributed by atoms with E-state index in [0.717, 1.165) is 6.42 Å². The van der Waals surface area contributed by atoms with Crippen molar-refractivity contribution >= 4 is 17.0 Å². The molecule has 2 saturated heterocycles. The first kappa shape index (κ1) is 14.5. The summed E-state index contributed by atoms with van der Waals surface area (Å²) in [5.41, 5.74) is 12.6. The van der Waals surface area contributed by atoms with Crippen LogP contribution in [0.2, 0.25) is 0 Å². The number of ether oxygens (including phenoxy) is 3. The first-order valence-corrected chi connectivity index (χ1v) is 8.12. The number of nitrogens with zero attached hydrogens (tertiary/aromatic N) is 4. The average molecular weight is 332 g/mol. The van der Waals surface area contributed by atoms with Gasteiger partial charge in [0.2, 0.25) is 0 Å². The highest BCUT2D eigenvalue weighted by atomic mass is 16.8. The molecule has 2 aromatic heterocycles. The van der Waals surface area contributed by atoms with E-state index >= 15 is 0 Å². The van der Waals surface area contributed by atoms with E-state index in [-0.39, 0.29) is 30.0 Å². The van der Waals surface area contributed by atoms with Crippen molar-refractivity contribution in [1.82, 2.24) is 19.5 Å². The van der Waals surface area contributed by atoms with Crippen LogP contribution in [-0.4, -0.2) is 49.7 Å². The number of anilines is 1. The fourth-order valence-corrected chi connectivity index (χ4v) is 4.11. The lowest BCUT2D eigenvalue weighted by Crippen LogP contribution is -2.34. The number of hydrogen-bond acceptors (Lipinski definition) is 8. The SMILES string of the molecule is CC1(C)OC2C(n3cnc4c(N)ncnc43)O[C@@]3(C[C@H]3CN)C2O1. The zero-order valence-electron chi connectivity index (χ0n) is 13.5. The van der Waals surface area contributed by atoms with Gasteiger partial charge in [0, 0.05) is 5.92 Å². The minimum atomic E-state index is -0.656. The molecule has 1 spiro atoms. The Hall–Kier alpha value is -1.81. The minimum absolute atomic E-state index is 0.150. The third-order valence-electron chi connectivity index (χ3n) is 5.27. The number of nitrogens with two attached hydrogens (primary N) is 2. The van der Waals surface area contributed by atoms with Crippen LogP contribution in [0.5, 0.6) is 0 Å². The van der Waals surface area contributed by atoms with E-state index in [0.29, 0.717) is 23.5 Å². The van der Waals surface area contributed by atoms with Gasteiger partial charge >= 0.3 is 0 Å². The van der Waals surface area contributed by atoms with E-state index in [2.05, 4.69) is 15.0 Å². The van der Waals surface area contributed by atoms with E-state index < -0.39 is 5.79 Å². The molecule has 0 bridgehead atoms. The van der Waals surface area contributed by atoms with E-state index in [1.807, 2.05) is 18.4 Å². The zero-order chi connectivity index (χ0) is 16.7. The maximum atomic E-state index is 6.41. The molecule has 0 amide bonds. The second kappa shape index (κ2) is 4.42. The van der Waals surface area contributed by atoms with Gasteiger partial charge in [0.15, 0.2) is 23.5 Å². The summed E-state index contributed by atoms with van der Waals surface area (Å²) in [6, 6.07) is 0. The molecule has 9 nitrogen and oxygen atoms in total. The molecule has 5 atom stereocenters. The molecule has 9 heteroatoms. The highest BCUT2D eigenvalue weighted by molar-refractivity contribution is 5.81. The van der Waals surface area contributed by atoms with Crippen LogP contribution in [0.25, 0.3) is 11.2 Å². The van der Waals surface area contributed by atoms with Crippen LogP contribution < -0.4 is 11.5 Å². The maximum Gasteiger partial charge on any atom is 0.167 e. The van der Waals surface area contributed by atoms with Gasteiger partial charge in [-0.05, 0) is 26.8 Å². The summed E-state index contributed by atoms with van der Waals surface area (Å²) in [4.78, 5) is 12.6. The highest BCUT2D eigenvalue weighted by Gasteiger charge is 2.73. The summed E-state index contributed by atoms with van der Waals surface area (Å²) in [5, 5.41) is 0.